The van der Waals surface area contributed by atoms with E-state index in [9.17, 15) is 4.79 Å². The van der Waals surface area contributed by atoms with Gasteiger partial charge in [0, 0.05) is 24.4 Å². The molecule has 0 fully saturated rings. The van der Waals surface area contributed by atoms with Crippen LogP contribution in [-0.2, 0) is 9.53 Å². The maximum Gasteiger partial charge on any atom is 0.333 e. The molecule has 5 heteroatoms. The SMILES string of the molecule is C=C(C)C(=O)OCCSC(=S)N(CC)CC. The van der Waals surface area contributed by atoms with E-state index < -0.39 is 0 Å². The summed E-state index contributed by atoms with van der Waals surface area (Å²) in [5, 5.41) is 0. The molecule has 0 bridgehead atoms. The molecule has 0 aromatic carbocycles. The lowest BCUT2D eigenvalue weighted by atomic mass is 10.4. The van der Waals surface area contributed by atoms with E-state index in [2.05, 4.69) is 25.3 Å². The Kier molecular flexibility index (Phi) is 8.29. The maximum atomic E-state index is 11.1. The van der Waals surface area contributed by atoms with E-state index in [0.717, 1.165) is 17.4 Å². The number of hydrogen-bond acceptors (Lipinski definition) is 4. The summed E-state index contributed by atoms with van der Waals surface area (Å²) < 4.78 is 5.82. The second-order valence-corrected chi connectivity index (χ2v) is 4.93. The largest absolute Gasteiger partial charge is 0.461 e. The summed E-state index contributed by atoms with van der Waals surface area (Å²) in [7, 11) is 0. The number of thiocarbonyl (C=S) groups is 1. The highest BCUT2D eigenvalue weighted by atomic mass is 32.2. The molecule has 0 unspecified atom stereocenters. The Balaban J connectivity index is 3.70. The van der Waals surface area contributed by atoms with Gasteiger partial charge in [-0.1, -0.05) is 30.6 Å². The van der Waals surface area contributed by atoms with Crippen molar-refractivity contribution in [3.8, 4) is 0 Å². The predicted molar refractivity (Wildman–Crippen MR) is 73.8 cm³/mol. The molecule has 0 spiro atoms. The van der Waals surface area contributed by atoms with Crippen molar-refractivity contribution >= 4 is 34.3 Å². The van der Waals surface area contributed by atoms with Gasteiger partial charge >= 0.3 is 5.97 Å². The lowest BCUT2D eigenvalue weighted by Gasteiger charge is -2.20. The molecule has 0 aromatic heterocycles. The van der Waals surface area contributed by atoms with Crippen LogP contribution in [0, 0.1) is 0 Å². The molecule has 0 aromatic rings. The Bertz CT molecular complexity index is 263. The molecule has 16 heavy (non-hydrogen) atoms. The van der Waals surface area contributed by atoms with Crippen molar-refractivity contribution in [1.29, 1.82) is 0 Å². The Morgan fingerprint density at radius 1 is 1.44 bits per heavy atom. The van der Waals surface area contributed by atoms with Crippen molar-refractivity contribution in [2.45, 2.75) is 20.8 Å². The summed E-state index contributed by atoms with van der Waals surface area (Å²) in [5.74, 6) is 0.350. The number of nitrogens with zero attached hydrogens (tertiary/aromatic N) is 1. The number of thioether (sulfide) groups is 1. The summed E-state index contributed by atoms with van der Waals surface area (Å²) in [6, 6.07) is 0. The molecule has 0 atom stereocenters. The van der Waals surface area contributed by atoms with E-state index in [1.54, 1.807) is 6.92 Å². The minimum Gasteiger partial charge on any atom is -0.461 e. The van der Waals surface area contributed by atoms with Crippen LogP contribution in [0.5, 0.6) is 0 Å². The lowest BCUT2D eigenvalue weighted by molar-refractivity contribution is -0.138. The number of carbonyl (C=O) groups is 1. The number of carbonyl (C=O) groups excluding carboxylic acids is 1. The highest BCUT2D eigenvalue weighted by Crippen LogP contribution is 2.09. The van der Waals surface area contributed by atoms with Crippen LogP contribution < -0.4 is 0 Å². The van der Waals surface area contributed by atoms with Gasteiger partial charge in [-0.2, -0.15) is 0 Å². The maximum absolute atomic E-state index is 11.1. The van der Waals surface area contributed by atoms with Crippen molar-refractivity contribution in [3.05, 3.63) is 12.2 Å². The number of esters is 1. The minimum absolute atomic E-state index is 0.339. The van der Waals surface area contributed by atoms with Crippen LogP contribution in [0.3, 0.4) is 0 Å². The molecule has 0 rings (SSSR count). The van der Waals surface area contributed by atoms with Gasteiger partial charge in [-0.25, -0.2) is 4.79 Å². The lowest BCUT2D eigenvalue weighted by Crippen LogP contribution is -2.27. The van der Waals surface area contributed by atoms with Crippen molar-refractivity contribution in [1.82, 2.24) is 4.90 Å². The normalized spacial score (nSPS) is 9.69. The second kappa shape index (κ2) is 8.58. The van der Waals surface area contributed by atoms with E-state index in [0.29, 0.717) is 17.9 Å². The van der Waals surface area contributed by atoms with Crippen molar-refractivity contribution in [3.63, 3.8) is 0 Å². The van der Waals surface area contributed by atoms with Crippen LogP contribution in [0.25, 0.3) is 0 Å². The first-order chi connectivity index (χ1) is 7.52. The van der Waals surface area contributed by atoms with Crippen LogP contribution in [0.1, 0.15) is 20.8 Å². The zero-order valence-corrected chi connectivity index (χ0v) is 11.7. The summed E-state index contributed by atoms with van der Waals surface area (Å²) in [4.78, 5) is 13.2. The van der Waals surface area contributed by atoms with Gasteiger partial charge in [-0.3, -0.25) is 0 Å². The van der Waals surface area contributed by atoms with Gasteiger partial charge in [0.05, 0.1) is 0 Å². The Morgan fingerprint density at radius 2 is 2.00 bits per heavy atom. The minimum atomic E-state index is -0.339. The Morgan fingerprint density at radius 3 is 2.44 bits per heavy atom. The average molecular weight is 261 g/mol. The van der Waals surface area contributed by atoms with E-state index in [1.807, 2.05) is 0 Å². The highest BCUT2D eigenvalue weighted by molar-refractivity contribution is 8.22. The van der Waals surface area contributed by atoms with E-state index in [4.69, 9.17) is 17.0 Å². The number of rotatable bonds is 6. The molecular formula is C11H19NO2S2. The van der Waals surface area contributed by atoms with Crippen LogP contribution >= 0.6 is 24.0 Å². The molecule has 3 nitrogen and oxygen atoms in total. The quantitative estimate of drug-likeness (QED) is 0.317. The molecular weight excluding hydrogens is 242 g/mol. The van der Waals surface area contributed by atoms with Crippen molar-refractivity contribution in [2.24, 2.45) is 0 Å². The topological polar surface area (TPSA) is 29.5 Å². The summed E-state index contributed by atoms with van der Waals surface area (Å²) >= 11 is 6.77. The van der Waals surface area contributed by atoms with Crippen molar-refractivity contribution in [2.75, 3.05) is 25.4 Å². The molecule has 0 radical (unpaired) electrons. The van der Waals surface area contributed by atoms with Crippen LogP contribution in [0.4, 0.5) is 0 Å². The molecule has 0 saturated heterocycles. The molecule has 0 N–H and O–H groups in total. The zero-order chi connectivity index (χ0) is 12.6. The number of ether oxygens (including phenoxy) is 1. The standard InChI is InChI=1S/C11H19NO2S2/c1-5-12(6-2)11(15)16-8-7-14-10(13)9(3)4/h3,5-8H2,1-2,4H3. The van der Waals surface area contributed by atoms with Gasteiger partial charge in [-0.15, -0.1) is 0 Å². The third-order valence-electron chi connectivity index (χ3n) is 1.91. The first-order valence-corrected chi connectivity index (χ1v) is 6.66. The Hall–Kier alpha value is -0.550. The predicted octanol–water partition coefficient (Wildman–Crippen LogP) is 2.47. The van der Waals surface area contributed by atoms with Gasteiger partial charge in [0.2, 0.25) is 0 Å². The van der Waals surface area contributed by atoms with E-state index in [-0.39, 0.29) is 5.97 Å². The fourth-order valence-corrected chi connectivity index (χ4v) is 2.25. The smallest absolute Gasteiger partial charge is 0.333 e. The van der Waals surface area contributed by atoms with Crippen molar-refractivity contribution < 1.29 is 9.53 Å². The molecule has 0 aliphatic carbocycles. The monoisotopic (exact) mass is 261 g/mol. The van der Waals surface area contributed by atoms with Gasteiger partial charge < -0.3 is 9.64 Å². The fraction of sp³-hybridized carbons (Fsp3) is 0.636. The highest BCUT2D eigenvalue weighted by Gasteiger charge is 2.07. The van der Waals surface area contributed by atoms with Crippen LogP contribution in [-0.4, -0.2) is 40.6 Å². The third-order valence-corrected chi connectivity index (χ3v) is 3.40. The van der Waals surface area contributed by atoms with Gasteiger partial charge in [0.1, 0.15) is 10.9 Å². The van der Waals surface area contributed by atoms with Crippen LogP contribution in [0.15, 0.2) is 12.2 Å². The summed E-state index contributed by atoms with van der Waals surface area (Å²) in [6.45, 7) is 11.5. The van der Waals surface area contributed by atoms with Gasteiger partial charge in [0.25, 0.3) is 0 Å². The van der Waals surface area contributed by atoms with E-state index >= 15 is 0 Å². The molecule has 0 aliphatic heterocycles. The average Bonchev–Trinajstić information content (AvgIpc) is 2.25. The molecule has 0 amide bonds. The first kappa shape index (κ1) is 15.4. The third kappa shape index (κ3) is 6.12. The second-order valence-electron chi connectivity index (χ2n) is 3.20. The summed E-state index contributed by atoms with van der Waals surface area (Å²) in [5.41, 5.74) is 0.427. The zero-order valence-electron chi connectivity index (χ0n) is 10.1. The summed E-state index contributed by atoms with van der Waals surface area (Å²) in [6.07, 6.45) is 0. The van der Waals surface area contributed by atoms with Crippen LogP contribution in [0.2, 0.25) is 0 Å². The first-order valence-electron chi connectivity index (χ1n) is 5.27. The Labute approximate surface area is 107 Å². The molecule has 0 saturated carbocycles. The fourth-order valence-electron chi connectivity index (χ4n) is 0.960. The van der Waals surface area contributed by atoms with Gasteiger partial charge in [0.15, 0.2) is 0 Å². The molecule has 0 aliphatic rings. The molecule has 92 valence electrons. The number of hydrogen-bond donors (Lipinski definition) is 0. The molecule has 0 heterocycles. The van der Waals surface area contributed by atoms with E-state index in [1.165, 1.54) is 11.8 Å². The van der Waals surface area contributed by atoms with Gasteiger partial charge in [-0.05, 0) is 20.8 Å².